The van der Waals surface area contributed by atoms with Crippen LogP contribution < -0.4 is 5.56 Å². The van der Waals surface area contributed by atoms with Crippen molar-refractivity contribution in [2.45, 2.75) is 33.4 Å². The zero-order valence-electron chi connectivity index (χ0n) is 13.0. The Bertz CT molecular complexity index is 830. The standard InChI is InChI=1S/C16H19N5O/c1-16(2,3)13(9-20-8-7-17-10-20)21-11-19-14-12(15(21)22)5-4-6-18-14/h4-8,10-11,13H,9H2,1-3H3/t13-/m0/s1. The summed E-state index contributed by atoms with van der Waals surface area (Å²) in [5.41, 5.74) is 0.322. The third-order valence-corrected chi connectivity index (χ3v) is 3.83. The second kappa shape index (κ2) is 5.36. The van der Waals surface area contributed by atoms with Gasteiger partial charge in [-0.3, -0.25) is 9.36 Å². The molecule has 0 radical (unpaired) electrons. The molecule has 0 aliphatic rings. The van der Waals surface area contributed by atoms with Gasteiger partial charge >= 0.3 is 0 Å². The van der Waals surface area contributed by atoms with Crippen LogP contribution in [-0.4, -0.2) is 24.1 Å². The molecule has 0 saturated heterocycles. The summed E-state index contributed by atoms with van der Waals surface area (Å²) in [6, 6.07) is 3.49. The predicted octanol–water partition coefficient (Wildman–Crippen LogP) is 2.28. The maximum Gasteiger partial charge on any atom is 0.263 e. The van der Waals surface area contributed by atoms with Gasteiger partial charge in [-0.2, -0.15) is 0 Å². The fourth-order valence-electron chi connectivity index (χ4n) is 2.57. The number of pyridine rings is 1. The number of rotatable bonds is 3. The average Bonchev–Trinajstić information content (AvgIpc) is 2.98. The highest BCUT2D eigenvalue weighted by Crippen LogP contribution is 2.31. The van der Waals surface area contributed by atoms with E-state index >= 15 is 0 Å². The zero-order valence-corrected chi connectivity index (χ0v) is 13.0. The van der Waals surface area contributed by atoms with Crippen molar-refractivity contribution in [1.82, 2.24) is 24.1 Å². The third kappa shape index (κ3) is 2.64. The Kier molecular flexibility index (Phi) is 3.52. The van der Waals surface area contributed by atoms with Gasteiger partial charge in [-0.1, -0.05) is 20.8 Å². The number of hydrogen-bond acceptors (Lipinski definition) is 4. The van der Waals surface area contributed by atoms with Gasteiger partial charge in [-0.25, -0.2) is 15.0 Å². The van der Waals surface area contributed by atoms with E-state index in [1.165, 1.54) is 0 Å². The summed E-state index contributed by atoms with van der Waals surface area (Å²) in [5.74, 6) is 0. The molecule has 22 heavy (non-hydrogen) atoms. The molecule has 0 N–H and O–H groups in total. The molecule has 0 spiro atoms. The predicted molar refractivity (Wildman–Crippen MR) is 84.5 cm³/mol. The summed E-state index contributed by atoms with van der Waals surface area (Å²) < 4.78 is 3.69. The van der Waals surface area contributed by atoms with Crippen molar-refractivity contribution in [3.05, 3.63) is 53.7 Å². The molecule has 0 aliphatic carbocycles. The van der Waals surface area contributed by atoms with Gasteiger partial charge in [0.25, 0.3) is 5.56 Å². The molecule has 3 aromatic rings. The maximum atomic E-state index is 12.8. The van der Waals surface area contributed by atoms with E-state index in [9.17, 15) is 4.79 Å². The first-order valence-electron chi connectivity index (χ1n) is 7.24. The van der Waals surface area contributed by atoms with E-state index in [4.69, 9.17) is 0 Å². The van der Waals surface area contributed by atoms with Crippen LogP contribution in [-0.2, 0) is 6.54 Å². The van der Waals surface area contributed by atoms with Crippen LogP contribution in [0, 0.1) is 5.41 Å². The maximum absolute atomic E-state index is 12.8. The Labute approximate surface area is 128 Å². The van der Waals surface area contributed by atoms with Gasteiger partial charge in [0.1, 0.15) is 6.33 Å². The largest absolute Gasteiger partial charge is 0.335 e. The highest BCUT2D eigenvalue weighted by Gasteiger charge is 2.28. The van der Waals surface area contributed by atoms with Gasteiger partial charge in [0.2, 0.25) is 0 Å². The van der Waals surface area contributed by atoms with Crippen molar-refractivity contribution in [2.75, 3.05) is 0 Å². The van der Waals surface area contributed by atoms with Crippen molar-refractivity contribution in [3.8, 4) is 0 Å². The molecule has 6 heteroatoms. The first kappa shape index (κ1) is 14.4. The van der Waals surface area contributed by atoms with Crippen molar-refractivity contribution in [3.63, 3.8) is 0 Å². The molecule has 0 bridgehead atoms. The number of aromatic nitrogens is 5. The Morgan fingerprint density at radius 2 is 2.00 bits per heavy atom. The zero-order chi connectivity index (χ0) is 15.7. The van der Waals surface area contributed by atoms with Gasteiger partial charge in [-0.05, 0) is 17.5 Å². The topological polar surface area (TPSA) is 65.6 Å². The van der Waals surface area contributed by atoms with Crippen LogP contribution in [0.15, 0.2) is 48.2 Å². The van der Waals surface area contributed by atoms with Crippen LogP contribution in [0.2, 0.25) is 0 Å². The molecule has 1 atom stereocenters. The lowest BCUT2D eigenvalue weighted by Crippen LogP contribution is -2.35. The van der Waals surface area contributed by atoms with E-state index in [2.05, 4.69) is 35.7 Å². The highest BCUT2D eigenvalue weighted by molar-refractivity contribution is 5.72. The number of nitrogens with zero attached hydrogens (tertiary/aromatic N) is 5. The fourth-order valence-corrected chi connectivity index (χ4v) is 2.57. The van der Waals surface area contributed by atoms with Crippen LogP contribution in [0.4, 0.5) is 0 Å². The Hall–Kier alpha value is -2.50. The Morgan fingerprint density at radius 3 is 2.68 bits per heavy atom. The first-order valence-corrected chi connectivity index (χ1v) is 7.24. The number of hydrogen-bond donors (Lipinski definition) is 0. The van der Waals surface area contributed by atoms with Crippen LogP contribution >= 0.6 is 0 Å². The highest BCUT2D eigenvalue weighted by atomic mass is 16.1. The second-order valence-corrected chi connectivity index (χ2v) is 6.47. The molecule has 0 aromatic carbocycles. The second-order valence-electron chi connectivity index (χ2n) is 6.47. The number of imidazole rings is 1. The lowest BCUT2D eigenvalue weighted by Gasteiger charge is -2.32. The van der Waals surface area contributed by atoms with E-state index < -0.39 is 0 Å². The fraction of sp³-hybridized carbons (Fsp3) is 0.375. The summed E-state index contributed by atoms with van der Waals surface area (Å²) >= 11 is 0. The quantitative estimate of drug-likeness (QED) is 0.744. The molecule has 114 valence electrons. The molecule has 6 nitrogen and oxygen atoms in total. The van der Waals surface area contributed by atoms with E-state index in [0.29, 0.717) is 17.6 Å². The summed E-state index contributed by atoms with van der Waals surface area (Å²) in [6.45, 7) is 7.02. The lowest BCUT2D eigenvalue weighted by atomic mass is 9.86. The van der Waals surface area contributed by atoms with E-state index in [-0.39, 0.29) is 17.0 Å². The van der Waals surface area contributed by atoms with E-state index in [1.807, 2.05) is 10.8 Å². The molecule has 0 saturated carbocycles. The van der Waals surface area contributed by atoms with Crippen molar-refractivity contribution >= 4 is 11.0 Å². The van der Waals surface area contributed by atoms with E-state index in [0.717, 1.165) is 0 Å². The van der Waals surface area contributed by atoms with Crippen molar-refractivity contribution < 1.29 is 0 Å². The molecule has 0 unspecified atom stereocenters. The van der Waals surface area contributed by atoms with Gasteiger partial charge < -0.3 is 4.57 Å². The smallest absolute Gasteiger partial charge is 0.263 e. The Balaban J connectivity index is 2.12. The van der Waals surface area contributed by atoms with Crippen LogP contribution in [0.1, 0.15) is 26.8 Å². The molecule has 3 rings (SSSR count). The summed E-state index contributed by atoms with van der Waals surface area (Å²) in [7, 11) is 0. The molecule has 3 aromatic heterocycles. The number of fused-ring (bicyclic) bond motifs is 1. The third-order valence-electron chi connectivity index (χ3n) is 3.83. The summed E-state index contributed by atoms with van der Waals surface area (Å²) in [4.78, 5) is 25.3. The Morgan fingerprint density at radius 1 is 1.18 bits per heavy atom. The lowest BCUT2D eigenvalue weighted by molar-refractivity contribution is 0.210. The van der Waals surface area contributed by atoms with E-state index in [1.54, 1.807) is 41.7 Å². The normalized spacial score (nSPS) is 13.4. The minimum absolute atomic E-state index is 0.0358. The van der Waals surface area contributed by atoms with Gasteiger partial charge in [0, 0.05) is 25.1 Å². The van der Waals surface area contributed by atoms with Crippen molar-refractivity contribution in [1.29, 1.82) is 0 Å². The average molecular weight is 297 g/mol. The minimum Gasteiger partial charge on any atom is -0.335 e. The first-order chi connectivity index (χ1) is 10.5. The minimum atomic E-state index is -0.105. The molecule has 0 aliphatic heterocycles. The van der Waals surface area contributed by atoms with Crippen molar-refractivity contribution in [2.24, 2.45) is 5.41 Å². The summed E-state index contributed by atoms with van der Waals surface area (Å²) in [5, 5.41) is 0.546. The van der Waals surface area contributed by atoms with Crippen LogP contribution in [0.5, 0.6) is 0 Å². The van der Waals surface area contributed by atoms with Gasteiger partial charge in [-0.15, -0.1) is 0 Å². The van der Waals surface area contributed by atoms with Gasteiger partial charge in [0.15, 0.2) is 5.65 Å². The molecule has 3 heterocycles. The SMILES string of the molecule is CC(C)(C)[C@H](Cn1ccnc1)n1cnc2ncccc2c1=O. The molecular formula is C16H19N5O. The van der Waals surface area contributed by atoms with Gasteiger partial charge in [0.05, 0.1) is 17.8 Å². The van der Waals surface area contributed by atoms with Crippen LogP contribution in [0.25, 0.3) is 11.0 Å². The summed E-state index contributed by atoms with van der Waals surface area (Å²) in [6.07, 6.45) is 8.65. The van der Waals surface area contributed by atoms with Crippen LogP contribution in [0.3, 0.4) is 0 Å². The molecule has 0 amide bonds. The monoisotopic (exact) mass is 297 g/mol. The molecule has 0 fully saturated rings. The molecular weight excluding hydrogens is 278 g/mol.